The number of rotatable bonds is 5. The average Bonchev–Trinajstić information content (AvgIpc) is 3.22. The van der Waals surface area contributed by atoms with E-state index in [0.29, 0.717) is 18.0 Å². The van der Waals surface area contributed by atoms with Crippen molar-refractivity contribution in [1.82, 2.24) is 9.97 Å². The highest BCUT2D eigenvalue weighted by atomic mass is 32.1. The van der Waals surface area contributed by atoms with E-state index in [1.807, 2.05) is 36.5 Å². The highest BCUT2D eigenvalue weighted by molar-refractivity contribution is 7.22. The normalized spacial score (nSPS) is 11.0. The number of anilines is 2. The molecule has 2 aromatic heterocycles. The van der Waals surface area contributed by atoms with Crippen LogP contribution >= 0.6 is 11.3 Å². The Balaban J connectivity index is 1.42. The number of nitrogens with one attached hydrogen (secondary N) is 3. The molecule has 0 atom stereocenters. The van der Waals surface area contributed by atoms with Crippen LogP contribution in [0.4, 0.5) is 10.8 Å². The molecule has 27 heavy (non-hydrogen) atoms. The number of aromatic nitrogens is 2. The maximum absolute atomic E-state index is 12.3. The topological polar surface area (TPSA) is 86.9 Å². The van der Waals surface area contributed by atoms with Crippen LogP contribution < -0.4 is 10.6 Å². The van der Waals surface area contributed by atoms with Crippen LogP contribution in [0.25, 0.3) is 21.1 Å². The summed E-state index contributed by atoms with van der Waals surface area (Å²) >= 11 is 1.39. The number of thiazole rings is 1. The lowest BCUT2D eigenvalue weighted by Crippen LogP contribution is -2.11. The minimum Gasteiger partial charge on any atom is -0.361 e. The molecule has 0 saturated carbocycles. The van der Waals surface area contributed by atoms with Crippen LogP contribution in [0.1, 0.15) is 18.9 Å². The number of hydrogen-bond donors (Lipinski definition) is 3. The second-order valence-electron chi connectivity index (χ2n) is 6.29. The number of carbonyl (C=O) groups is 2. The standard InChI is InChI=1S/C20H18N4O2S/c1-12(25)22-14-7-8-17-18(10-14)27-20(23-17)24-19(26)9-6-13-11-21-16-5-3-2-4-15(13)16/h2-5,7-8,10-11,21H,6,9H2,1H3,(H,22,25)(H,23,24,26). The number of para-hydroxylation sites is 1. The molecule has 0 fully saturated rings. The van der Waals surface area contributed by atoms with Crippen molar-refractivity contribution >= 4 is 55.1 Å². The van der Waals surface area contributed by atoms with Crippen molar-refractivity contribution < 1.29 is 9.59 Å². The van der Waals surface area contributed by atoms with Crippen LogP contribution in [0.5, 0.6) is 0 Å². The zero-order valence-electron chi connectivity index (χ0n) is 14.7. The van der Waals surface area contributed by atoms with Gasteiger partial charge in [-0.25, -0.2) is 4.98 Å². The Bertz CT molecular complexity index is 1150. The third-order valence-corrected chi connectivity index (χ3v) is 5.19. The second-order valence-corrected chi connectivity index (χ2v) is 7.32. The van der Waals surface area contributed by atoms with Gasteiger partial charge in [0.15, 0.2) is 5.13 Å². The Kier molecular flexibility index (Phi) is 4.60. The summed E-state index contributed by atoms with van der Waals surface area (Å²) in [6.07, 6.45) is 3.00. The molecule has 0 spiro atoms. The van der Waals surface area contributed by atoms with Crippen molar-refractivity contribution in [2.75, 3.05) is 10.6 Å². The Morgan fingerprint density at radius 3 is 2.85 bits per heavy atom. The van der Waals surface area contributed by atoms with Crippen LogP contribution in [-0.2, 0) is 16.0 Å². The van der Waals surface area contributed by atoms with Gasteiger partial charge < -0.3 is 15.6 Å². The van der Waals surface area contributed by atoms with E-state index in [-0.39, 0.29) is 11.8 Å². The summed E-state index contributed by atoms with van der Waals surface area (Å²) < 4.78 is 0.910. The van der Waals surface area contributed by atoms with Gasteiger partial charge in [-0.1, -0.05) is 29.5 Å². The van der Waals surface area contributed by atoms with E-state index in [0.717, 1.165) is 32.4 Å². The first-order valence-corrected chi connectivity index (χ1v) is 9.43. The Labute approximate surface area is 159 Å². The van der Waals surface area contributed by atoms with Gasteiger partial charge in [-0.2, -0.15) is 0 Å². The number of H-pyrrole nitrogens is 1. The van der Waals surface area contributed by atoms with E-state index < -0.39 is 0 Å². The van der Waals surface area contributed by atoms with Gasteiger partial charge in [-0.3, -0.25) is 9.59 Å². The summed E-state index contributed by atoms with van der Waals surface area (Å²) in [5.74, 6) is -0.189. The number of carbonyl (C=O) groups excluding carboxylic acids is 2. The molecular formula is C20H18N4O2S. The molecule has 0 aliphatic carbocycles. The summed E-state index contributed by atoms with van der Waals surface area (Å²) in [7, 11) is 0. The SMILES string of the molecule is CC(=O)Nc1ccc2nc(NC(=O)CCc3c[nH]c4ccccc34)sc2c1. The summed E-state index contributed by atoms with van der Waals surface area (Å²) in [6, 6.07) is 13.5. The molecule has 0 unspecified atom stereocenters. The van der Waals surface area contributed by atoms with E-state index in [1.165, 1.54) is 18.3 Å². The van der Waals surface area contributed by atoms with Gasteiger partial charge in [0.2, 0.25) is 11.8 Å². The maximum atomic E-state index is 12.3. The predicted octanol–water partition coefficient (Wildman–Crippen LogP) is 4.31. The molecule has 0 radical (unpaired) electrons. The summed E-state index contributed by atoms with van der Waals surface area (Å²) in [6.45, 7) is 1.47. The van der Waals surface area contributed by atoms with E-state index in [9.17, 15) is 9.59 Å². The second kappa shape index (κ2) is 7.20. The van der Waals surface area contributed by atoms with Crippen molar-refractivity contribution in [2.45, 2.75) is 19.8 Å². The van der Waals surface area contributed by atoms with Gasteiger partial charge in [0.1, 0.15) is 0 Å². The molecule has 2 aromatic carbocycles. The van der Waals surface area contributed by atoms with Gasteiger partial charge in [-0.15, -0.1) is 0 Å². The Morgan fingerprint density at radius 1 is 1.15 bits per heavy atom. The summed E-state index contributed by atoms with van der Waals surface area (Å²) in [5.41, 5.74) is 3.72. The minimum absolute atomic E-state index is 0.0681. The van der Waals surface area contributed by atoms with Gasteiger partial charge in [0.05, 0.1) is 10.2 Å². The van der Waals surface area contributed by atoms with Crippen LogP contribution in [0, 0.1) is 0 Å². The van der Waals surface area contributed by atoms with Crippen molar-refractivity contribution in [2.24, 2.45) is 0 Å². The Morgan fingerprint density at radius 2 is 2.00 bits per heavy atom. The van der Waals surface area contributed by atoms with Crippen molar-refractivity contribution in [3.05, 3.63) is 54.2 Å². The zero-order chi connectivity index (χ0) is 18.8. The molecular weight excluding hydrogens is 360 g/mol. The predicted molar refractivity (Wildman–Crippen MR) is 109 cm³/mol. The first-order valence-electron chi connectivity index (χ1n) is 8.61. The average molecular weight is 378 g/mol. The van der Waals surface area contributed by atoms with Gasteiger partial charge >= 0.3 is 0 Å². The summed E-state index contributed by atoms with van der Waals surface area (Å²) in [5, 5.41) is 7.33. The number of benzene rings is 2. The van der Waals surface area contributed by atoms with Crippen molar-refractivity contribution in [3.63, 3.8) is 0 Å². The largest absolute Gasteiger partial charge is 0.361 e. The smallest absolute Gasteiger partial charge is 0.226 e. The lowest BCUT2D eigenvalue weighted by molar-refractivity contribution is -0.116. The fraction of sp³-hybridized carbons (Fsp3) is 0.150. The van der Waals surface area contributed by atoms with Crippen LogP contribution in [-0.4, -0.2) is 21.8 Å². The quantitative estimate of drug-likeness (QED) is 0.484. The molecule has 2 heterocycles. The van der Waals surface area contributed by atoms with E-state index in [1.54, 1.807) is 6.07 Å². The number of hydrogen-bond acceptors (Lipinski definition) is 4. The van der Waals surface area contributed by atoms with Gasteiger partial charge in [0.25, 0.3) is 0 Å². The Hall–Kier alpha value is -3.19. The molecule has 4 rings (SSSR count). The molecule has 2 amide bonds. The zero-order valence-corrected chi connectivity index (χ0v) is 15.5. The van der Waals surface area contributed by atoms with E-state index >= 15 is 0 Å². The van der Waals surface area contributed by atoms with E-state index in [2.05, 4.69) is 26.7 Å². The maximum Gasteiger partial charge on any atom is 0.226 e. The lowest BCUT2D eigenvalue weighted by atomic mass is 10.1. The van der Waals surface area contributed by atoms with Gasteiger partial charge in [-0.05, 0) is 36.2 Å². The van der Waals surface area contributed by atoms with E-state index in [4.69, 9.17) is 0 Å². The fourth-order valence-corrected chi connectivity index (χ4v) is 3.95. The first kappa shape index (κ1) is 17.2. The van der Waals surface area contributed by atoms with Crippen LogP contribution in [0.2, 0.25) is 0 Å². The third kappa shape index (κ3) is 3.83. The highest BCUT2D eigenvalue weighted by Gasteiger charge is 2.10. The first-order chi connectivity index (χ1) is 13.1. The molecule has 6 nitrogen and oxygen atoms in total. The molecule has 0 bridgehead atoms. The lowest BCUT2D eigenvalue weighted by Gasteiger charge is -2.01. The minimum atomic E-state index is -0.121. The molecule has 3 N–H and O–H groups in total. The molecule has 0 aliphatic heterocycles. The summed E-state index contributed by atoms with van der Waals surface area (Å²) in [4.78, 5) is 31.2. The third-order valence-electron chi connectivity index (χ3n) is 4.25. The van der Waals surface area contributed by atoms with Crippen molar-refractivity contribution in [1.29, 1.82) is 0 Å². The van der Waals surface area contributed by atoms with Crippen molar-refractivity contribution in [3.8, 4) is 0 Å². The number of amides is 2. The molecule has 7 heteroatoms. The molecule has 136 valence electrons. The number of nitrogens with zero attached hydrogens (tertiary/aromatic N) is 1. The molecule has 0 aliphatic rings. The number of aryl methyl sites for hydroxylation is 1. The monoisotopic (exact) mass is 378 g/mol. The molecule has 4 aromatic rings. The van der Waals surface area contributed by atoms with Crippen LogP contribution in [0.15, 0.2) is 48.7 Å². The van der Waals surface area contributed by atoms with Crippen LogP contribution in [0.3, 0.4) is 0 Å². The number of aromatic amines is 1. The fourth-order valence-electron chi connectivity index (χ4n) is 3.03. The number of fused-ring (bicyclic) bond motifs is 2. The van der Waals surface area contributed by atoms with Gasteiger partial charge in [0, 0.05) is 36.1 Å². The molecule has 0 saturated heterocycles. The highest BCUT2D eigenvalue weighted by Crippen LogP contribution is 2.28.